The lowest BCUT2D eigenvalue weighted by molar-refractivity contribution is 1.14. The van der Waals surface area contributed by atoms with Crippen molar-refractivity contribution in [2.75, 3.05) is 0 Å². The Bertz CT molecular complexity index is 2430. The summed E-state index contributed by atoms with van der Waals surface area (Å²) in [5.41, 5.74) is 4.33. The van der Waals surface area contributed by atoms with Gasteiger partial charge in [-0.25, -0.2) is 4.98 Å². The van der Waals surface area contributed by atoms with Crippen LogP contribution < -0.4 is 5.56 Å². The van der Waals surface area contributed by atoms with Gasteiger partial charge in [-0.1, -0.05) is 36.0 Å². The fourth-order valence-electron chi connectivity index (χ4n) is 5.87. The smallest absolute Gasteiger partial charge is 0.264 e. The highest BCUT2D eigenvalue weighted by Crippen LogP contribution is 2.52. The fraction of sp³-hybridized carbons (Fsp3) is 0. The van der Waals surface area contributed by atoms with Gasteiger partial charge in [0, 0.05) is 36.9 Å². The number of pyridine rings is 1. The monoisotopic (exact) mass is 501 g/mol. The Morgan fingerprint density at radius 2 is 1.58 bits per heavy atom. The van der Waals surface area contributed by atoms with Crippen molar-refractivity contribution in [2.24, 2.45) is 0 Å². The zero-order chi connectivity index (χ0) is 25.7. The Kier molecular flexibility index (Phi) is 3.86. The highest BCUT2D eigenvalue weighted by Gasteiger charge is 2.29. The summed E-state index contributed by atoms with van der Waals surface area (Å²) in [6, 6.07) is 27.3. The SMILES string of the molecule is N#Cc1ccc2c(c1)-c1c(C#N)cc3c4c1c(c(C#N)cc4c(=O)n1c4cccc5cccc(nc31)c54)S2. The number of rotatable bonds is 0. The van der Waals surface area contributed by atoms with Crippen LogP contribution in [-0.4, -0.2) is 9.38 Å². The molecular weight excluding hydrogens is 490 g/mol. The van der Waals surface area contributed by atoms with Gasteiger partial charge in [0.25, 0.3) is 5.56 Å². The highest BCUT2D eigenvalue weighted by molar-refractivity contribution is 8.00. The number of nitriles is 3. The zero-order valence-electron chi connectivity index (χ0n) is 19.4. The number of benzene rings is 5. The molecule has 2 aromatic heterocycles. The van der Waals surface area contributed by atoms with Crippen LogP contribution in [0.3, 0.4) is 0 Å². The van der Waals surface area contributed by atoms with Gasteiger partial charge in [-0.2, -0.15) is 15.8 Å². The van der Waals surface area contributed by atoms with Gasteiger partial charge in [0.05, 0.1) is 45.2 Å². The minimum absolute atomic E-state index is 0.265. The van der Waals surface area contributed by atoms with Crippen molar-refractivity contribution in [3.05, 3.63) is 93.8 Å². The molecule has 0 bridgehead atoms. The van der Waals surface area contributed by atoms with E-state index in [-0.39, 0.29) is 5.56 Å². The maximum Gasteiger partial charge on any atom is 0.264 e. The Hall–Kier alpha value is -5.42. The Labute approximate surface area is 218 Å². The Morgan fingerprint density at radius 1 is 0.789 bits per heavy atom. The standard InChI is InChI=1S/C31H11N5OS/c32-12-15-7-8-24-19(9-15)25-17(13-33)10-20-27-21(11-18(14-34)29(38-24)28(25)27)31(37)36-23-6-2-4-16-3-1-5-22(26(16)23)35-30(20)36/h1-11H. The van der Waals surface area contributed by atoms with Crippen molar-refractivity contribution in [3.8, 4) is 29.3 Å². The second-order valence-corrected chi connectivity index (χ2v) is 10.3. The van der Waals surface area contributed by atoms with Crippen LogP contribution in [-0.2, 0) is 0 Å². The lowest BCUT2D eigenvalue weighted by atomic mass is 9.88. The first-order valence-electron chi connectivity index (χ1n) is 11.8. The highest BCUT2D eigenvalue weighted by atomic mass is 32.2. The number of fused-ring (bicyclic) bond motifs is 5. The summed E-state index contributed by atoms with van der Waals surface area (Å²) in [4.78, 5) is 20.7. The molecule has 0 radical (unpaired) electrons. The van der Waals surface area contributed by atoms with Crippen molar-refractivity contribution >= 4 is 60.8 Å². The van der Waals surface area contributed by atoms with Crippen molar-refractivity contribution in [2.45, 2.75) is 9.79 Å². The zero-order valence-corrected chi connectivity index (χ0v) is 20.2. The average Bonchev–Trinajstić information content (AvgIpc) is 2.96. The molecule has 0 fully saturated rings. The lowest BCUT2D eigenvalue weighted by Gasteiger charge is -2.24. The maximum absolute atomic E-state index is 14.2. The summed E-state index contributed by atoms with van der Waals surface area (Å²) in [7, 11) is 0. The lowest BCUT2D eigenvalue weighted by Crippen LogP contribution is -2.17. The van der Waals surface area contributed by atoms with Crippen LogP contribution in [0.15, 0.2) is 81.3 Å². The summed E-state index contributed by atoms with van der Waals surface area (Å²) >= 11 is 1.43. The largest absolute Gasteiger partial charge is 0.268 e. The van der Waals surface area contributed by atoms with Crippen LogP contribution in [0.1, 0.15) is 16.7 Å². The van der Waals surface area contributed by atoms with E-state index < -0.39 is 0 Å². The molecule has 1 aliphatic heterocycles. The molecule has 0 saturated carbocycles. The van der Waals surface area contributed by atoms with Crippen molar-refractivity contribution in [3.63, 3.8) is 0 Å². The molecule has 8 rings (SSSR count). The van der Waals surface area contributed by atoms with E-state index in [1.54, 1.807) is 28.7 Å². The van der Waals surface area contributed by atoms with Gasteiger partial charge in [-0.3, -0.25) is 9.20 Å². The molecule has 1 aliphatic rings. The molecule has 0 saturated heterocycles. The van der Waals surface area contributed by atoms with Gasteiger partial charge in [0.2, 0.25) is 0 Å². The molecule has 0 N–H and O–H groups in total. The minimum Gasteiger partial charge on any atom is -0.268 e. The molecule has 3 heterocycles. The number of aromatic nitrogens is 2. The molecule has 0 atom stereocenters. The number of nitrogens with zero attached hydrogens (tertiary/aromatic N) is 5. The summed E-state index contributed by atoms with van der Waals surface area (Å²) in [6.07, 6.45) is 0. The molecule has 0 aliphatic carbocycles. The second-order valence-electron chi connectivity index (χ2n) is 9.27. The van der Waals surface area contributed by atoms with Crippen LogP contribution in [0.5, 0.6) is 0 Å². The molecular formula is C31H11N5OS. The third kappa shape index (κ3) is 2.40. The van der Waals surface area contributed by atoms with Crippen molar-refractivity contribution in [1.82, 2.24) is 9.38 Å². The second kappa shape index (κ2) is 7.08. The van der Waals surface area contributed by atoms with E-state index in [1.165, 1.54) is 11.8 Å². The minimum atomic E-state index is -0.265. The molecule has 38 heavy (non-hydrogen) atoms. The van der Waals surface area contributed by atoms with E-state index in [0.29, 0.717) is 54.3 Å². The maximum atomic E-state index is 14.2. The van der Waals surface area contributed by atoms with E-state index >= 15 is 0 Å². The van der Waals surface area contributed by atoms with E-state index in [0.717, 1.165) is 32.3 Å². The quantitative estimate of drug-likeness (QED) is 0.174. The molecule has 0 unspecified atom stereocenters. The molecule has 6 nitrogen and oxygen atoms in total. The normalized spacial score (nSPS) is 12.1. The van der Waals surface area contributed by atoms with Gasteiger partial charge in [0.1, 0.15) is 11.7 Å². The first-order valence-corrected chi connectivity index (χ1v) is 12.6. The third-order valence-corrected chi connectivity index (χ3v) is 8.61. The van der Waals surface area contributed by atoms with Gasteiger partial charge in [-0.15, -0.1) is 0 Å². The molecule has 172 valence electrons. The Balaban J connectivity index is 1.71. The molecule has 5 aromatic carbocycles. The fourth-order valence-corrected chi connectivity index (χ4v) is 7.02. The van der Waals surface area contributed by atoms with Crippen molar-refractivity contribution in [1.29, 1.82) is 15.8 Å². The number of hydrogen-bond donors (Lipinski definition) is 0. The van der Waals surface area contributed by atoms with Crippen LogP contribution in [0.2, 0.25) is 0 Å². The molecule has 0 spiro atoms. The third-order valence-electron chi connectivity index (χ3n) is 7.40. The first-order chi connectivity index (χ1) is 18.6. The average molecular weight is 502 g/mol. The first kappa shape index (κ1) is 20.7. The number of hydrogen-bond acceptors (Lipinski definition) is 6. The van der Waals surface area contributed by atoms with E-state index in [9.17, 15) is 20.6 Å². The van der Waals surface area contributed by atoms with E-state index in [2.05, 4.69) is 18.2 Å². The topological polar surface area (TPSA) is 106 Å². The Morgan fingerprint density at radius 3 is 2.37 bits per heavy atom. The van der Waals surface area contributed by atoms with E-state index in [4.69, 9.17) is 4.98 Å². The predicted molar refractivity (Wildman–Crippen MR) is 146 cm³/mol. The molecule has 7 heteroatoms. The summed E-state index contributed by atoms with van der Waals surface area (Å²) in [5, 5.41) is 34.3. The summed E-state index contributed by atoms with van der Waals surface area (Å²) in [5.74, 6) is 0. The van der Waals surface area contributed by atoms with E-state index in [1.807, 2.05) is 42.5 Å². The summed E-state index contributed by atoms with van der Waals surface area (Å²) in [6.45, 7) is 0. The van der Waals surface area contributed by atoms with Crippen LogP contribution in [0, 0.1) is 34.0 Å². The predicted octanol–water partition coefficient (Wildman–Crippen LogP) is 6.49. The summed E-state index contributed by atoms with van der Waals surface area (Å²) < 4.78 is 1.61. The van der Waals surface area contributed by atoms with Gasteiger partial charge >= 0.3 is 0 Å². The van der Waals surface area contributed by atoms with Crippen molar-refractivity contribution < 1.29 is 0 Å². The van der Waals surface area contributed by atoms with Gasteiger partial charge in [-0.05, 0) is 53.4 Å². The van der Waals surface area contributed by atoms with Gasteiger partial charge in [0.15, 0.2) is 0 Å². The molecule has 7 aromatic rings. The van der Waals surface area contributed by atoms with Crippen LogP contribution in [0.25, 0.3) is 60.1 Å². The van der Waals surface area contributed by atoms with Crippen LogP contribution >= 0.6 is 11.8 Å². The van der Waals surface area contributed by atoms with Gasteiger partial charge < -0.3 is 0 Å². The van der Waals surface area contributed by atoms with Crippen LogP contribution in [0.4, 0.5) is 0 Å². The molecule has 0 amide bonds.